The number of nitrogens with one attached hydrogen (secondary N) is 1. The van der Waals surface area contributed by atoms with Gasteiger partial charge in [-0.1, -0.05) is 26.0 Å². The Hall–Kier alpha value is -2.82. The topological polar surface area (TPSA) is 75.4 Å². The first-order valence-corrected chi connectivity index (χ1v) is 10.6. The molecule has 1 atom stereocenters. The highest BCUT2D eigenvalue weighted by molar-refractivity contribution is 5.99. The fourth-order valence-electron chi connectivity index (χ4n) is 4.06. The maximum absolute atomic E-state index is 12.9. The van der Waals surface area contributed by atoms with Gasteiger partial charge >= 0.3 is 0 Å². The molecule has 154 valence electrons. The van der Waals surface area contributed by atoms with Crippen LogP contribution in [0.5, 0.6) is 0 Å². The summed E-state index contributed by atoms with van der Waals surface area (Å²) in [5, 5.41) is 3.15. The molecule has 1 unspecified atom stereocenters. The van der Waals surface area contributed by atoms with Crippen molar-refractivity contribution in [1.29, 1.82) is 0 Å². The van der Waals surface area contributed by atoms with Gasteiger partial charge in [-0.05, 0) is 73.6 Å². The zero-order valence-electron chi connectivity index (χ0n) is 17.4. The smallest absolute Gasteiger partial charge is 0.253 e. The minimum Gasteiger partial charge on any atom is -0.399 e. The molecule has 0 radical (unpaired) electrons. The molecular weight excluding hydrogens is 362 g/mol. The van der Waals surface area contributed by atoms with E-state index in [1.54, 1.807) is 24.3 Å². The fraction of sp³-hybridized carbons (Fsp3) is 0.417. The molecule has 5 heteroatoms. The van der Waals surface area contributed by atoms with E-state index in [4.69, 9.17) is 5.73 Å². The predicted molar refractivity (Wildman–Crippen MR) is 117 cm³/mol. The van der Waals surface area contributed by atoms with Gasteiger partial charge in [0, 0.05) is 29.9 Å². The van der Waals surface area contributed by atoms with Crippen LogP contribution >= 0.6 is 0 Å². The van der Waals surface area contributed by atoms with Crippen molar-refractivity contribution in [3.8, 4) is 0 Å². The van der Waals surface area contributed by atoms with Crippen LogP contribution < -0.4 is 11.1 Å². The number of nitrogen functional groups attached to an aromatic ring is 1. The van der Waals surface area contributed by atoms with Crippen molar-refractivity contribution in [2.45, 2.75) is 52.0 Å². The summed E-state index contributed by atoms with van der Waals surface area (Å²) in [7, 11) is 0. The van der Waals surface area contributed by atoms with Crippen LogP contribution in [0.15, 0.2) is 42.5 Å². The van der Waals surface area contributed by atoms with E-state index in [2.05, 4.69) is 19.2 Å². The summed E-state index contributed by atoms with van der Waals surface area (Å²) in [6.45, 7) is 5.58. The summed E-state index contributed by atoms with van der Waals surface area (Å²) in [6, 6.07) is 12.9. The Labute approximate surface area is 173 Å². The van der Waals surface area contributed by atoms with Crippen LogP contribution in [-0.4, -0.2) is 29.8 Å². The zero-order valence-corrected chi connectivity index (χ0v) is 17.4. The molecule has 1 aliphatic rings. The molecule has 2 amide bonds. The third kappa shape index (κ3) is 4.97. The average molecular weight is 394 g/mol. The molecule has 0 aliphatic heterocycles. The third-order valence-corrected chi connectivity index (χ3v) is 5.43. The van der Waals surface area contributed by atoms with Crippen LogP contribution in [-0.2, 0) is 6.42 Å². The van der Waals surface area contributed by atoms with Gasteiger partial charge in [-0.3, -0.25) is 9.59 Å². The first-order valence-electron chi connectivity index (χ1n) is 10.6. The lowest BCUT2D eigenvalue weighted by atomic mass is 9.87. The number of benzene rings is 2. The normalized spacial score (nSPS) is 15.4. The van der Waals surface area contributed by atoms with E-state index >= 15 is 0 Å². The zero-order chi connectivity index (χ0) is 20.8. The molecule has 29 heavy (non-hydrogen) atoms. The number of nitrogens with two attached hydrogens (primary N) is 1. The van der Waals surface area contributed by atoms with E-state index in [9.17, 15) is 9.59 Å². The minimum atomic E-state index is -0.146. The number of anilines is 1. The molecule has 2 aromatic rings. The first-order chi connectivity index (χ1) is 14.0. The number of carbonyl (C=O) groups excluding carboxylic acids is 2. The Morgan fingerprint density at radius 1 is 1.07 bits per heavy atom. The molecule has 0 heterocycles. The first kappa shape index (κ1) is 20.9. The second kappa shape index (κ2) is 9.59. The molecule has 0 saturated carbocycles. The van der Waals surface area contributed by atoms with Crippen LogP contribution in [0, 0.1) is 0 Å². The Kier molecular flexibility index (Phi) is 6.91. The highest BCUT2D eigenvalue weighted by atomic mass is 16.2. The van der Waals surface area contributed by atoms with E-state index in [0.717, 1.165) is 56.4 Å². The molecular formula is C24H31N3O2. The van der Waals surface area contributed by atoms with E-state index in [1.807, 2.05) is 23.1 Å². The van der Waals surface area contributed by atoms with Crippen molar-refractivity contribution in [3.05, 3.63) is 64.7 Å². The Balaban J connectivity index is 1.76. The SMILES string of the molecule is CCCN(CCC)C(=O)c1cccc(C(=O)NC2CCCc3cc(N)ccc32)c1. The molecule has 0 bridgehead atoms. The van der Waals surface area contributed by atoms with Gasteiger partial charge in [-0.15, -0.1) is 0 Å². The van der Waals surface area contributed by atoms with Crippen molar-refractivity contribution in [2.75, 3.05) is 18.8 Å². The number of fused-ring (bicyclic) bond motifs is 1. The molecule has 0 aromatic heterocycles. The highest BCUT2D eigenvalue weighted by Gasteiger charge is 2.23. The van der Waals surface area contributed by atoms with Crippen molar-refractivity contribution >= 4 is 17.5 Å². The summed E-state index contributed by atoms with van der Waals surface area (Å²) in [6.07, 6.45) is 4.74. The monoisotopic (exact) mass is 393 g/mol. The van der Waals surface area contributed by atoms with Crippen LogP contribution in [0.1, 0.15) is 77.4 Å². The number of carbonyl (C=O) groups is 2. The van der Waals surface area contributed by atoms with Crippen molar-refractivity contribution < 1.29 is 9.59 Å². The third-order valence-electron chi connectivity index (χ3n) is 5.43. The van der Waals surface area contributed by atoms with Gasteiger partial charge < -0.3 is 16.0 Å². The molecule has 0 fully saturated rings. The standard InChI is InChI=1S/C24H31N3O2/c1-3-13-27(14-4-2)24(29)19-9-5-8-18(15-19)23(28)26-22-10-6-7-17-16-20(25)11-12-21(17)22/h5,8-9,11-12,15-16,22H,3-4,6-7,10,13-14,25H2,1-2H3,(H,26,28). The highest BCUT2D eigenvalue weighted by Crippen LogP contribution is 2.31. The summed E-state index contributed by atoms with van der Waals surface area (Å²) >= 11 is 0. The lowest BCUT2D eigenvalue weighted by Crippen LogP contribution is -2.33. The maximum atomic E-state index is 12.9. The van der Waals surface area contributed by atoms with Crippen LogP contribution in [0.3, 0.4) is 0 Å². The van der Waals surface area contributed by atoms with Gasteiger partial charge in [-0.2, -0.15) is 0 Å². The maximum Gasteiger partial charge on any atom is 0.253 e. The number of rotatable bonds is 7. The molecule has 1 aliphatic carbocycles. The van der Waals surface area contributed by atoms with E-state index in [-0.39, 0.29) is 17.9 Å². The number of nitrogens with zero attached hydrogens (tertiary/aromatic N) is 1. The molecule has 2 aromatic carbocycles. The number of aryl methyl sites for hydroxylation is 1. The Morgan fingerprint density at radius 3 is 2.52 bits per heavy atom. The molecule has 0 saturated heterocycles. The van der Waals surface area contributed by atoms with Gasteiger partial charge in [0.2, 0.25) is 0 Å². The van der Waals surface area contributed by atoms with E-state index < -0.39 is 0 Å². The Morgan fingerprint density at radius 2 is 1.79 bits per heavy atom. The van der Waals surface area contributed by atoms with E-state index in [1.165, 1.54) is 5.56 Å². The minimum absolute atomic E-state index is 0.0122. The quantitative estimate of drug-likeness (QED) is 0.687. The van der Waals surface area contributed by atoms with Gasteiger partial charge in [-0.25, -0.2) is 0 Å². The Bertz CT molecular complexity index is 872. The molecule has 3 rings (SSSR count). The van der Waals surface area contributed by atoms with Gasteiger partial charge in [0.05, 0.1) is 6.04 Å². The second-order valence-corrected chi connectivity index (χ2v) is 7.75. The van der Waals surface area contributed by atoms with Gasteiger partial charge in [0.15, 0.2) is 0 Å². The van der Waals surface area contributed by atoms with Gasteiger partial charge in [0.25, 0.3) is 11.8 Å². The fourth-order valence-corrected chi connectivity index (χ4v) is 4.06. The predicted octanol–water partition coefficient (Wildman–Crippen LogP) is 4.34. The summed E-state index contributed by atoms with van der Waals surface area (Å²) in [4.78, 5) is 27.7. The summed E-state index contributed by atoms with van der Waals surface area (Å²) in [5.41, 5.74) is 10.1. The van der Waals surface area contributed by atoms with Crippen molar-refractivity contribution in [2.24, 2.45) is 0 Å². The molecule has 5 nitrogen and oxygen atoms in total. The second-order valence-electron chi connectivity index (χ2n) is 7.75. The average Bonchev–Trinajstić information content (AvgIpc) is 2.73. The van der Waals surface area contributed by atoms with E-state index in [0.29, 0.717) is 11.1 Å². The summed E-state index contributed by atoms with van der Waals surface area (Å²) < 4.78 is 0. The number of hydrogen-bond acceptors (Lipinski definition) is 3. The molecule has 0 spiro atoms. The van der Waals surface area contributed by atoms with Gasteiger partial charge in [0.1, 0.15) is 0 Å². The lowest BCUT2D eigenvalue weighted by Gasteiger charge is -2.27. The lowest BCUT2D eigenvalue weighted by molar-refractivity contribution is 0.0755. The molecule has 3 N–H and O–H groups in total. The largest absolute Gasteiger partial charge is 0.399 e. The summed E-state index contributed by atoms with van der Waals surface area (Å²) in [5.74, 6) is -0.159. The number of hydrogen-bond donors (Lipinski definition) is 2. The van der Waals surface area contributed by atoms with Crippen LogP contribution in [0.2, 0.25) is 0 Å². The van der Waals surface area contributed by atoms with Crippen molar-refractivity contribution in [1.82, 2.24) is 10.2 Å². The van der Waals surface area contributed by atoms with Crippen LogP contribution in [0.4, 0.5) is 5.69 Å². The number of amides is 2. The van der Waals surface area contributed by atoms with Crippen molar-refractivity contribution in [3.63, 3.8) is 0 Å². The van der Waals surface area contributed by atoms with Crippen LogP contribution in [0.25, 0.3) is 0 Å².